The van der Waals surface area contributed by atoms with Gasteiger partial charge in [0.25, 0.3) is 11.8 Å². The van der Waals surface area contributed by atoms with Gasteiger partial charge in [0, 0.05) is 11.6 Å². The van der Waals surface area contributed by atoms with Crippen LogP contribution in [0.15, 0.2) is 78.9 Å². The number of amides is 2. The van der Waals surface area contributed by atoms with Crippen LogP contribution < -0.4 is 15.4 Å². The second-order valence-electron chi connectivity index (χ2n) is 7.08. The topological polar surface area (TPSA) is 67.4 Å². The molecule has 0 unspecified atom stereocenters. The lowest BCUT2D eigenvalue weighted by molar-refractivity contribution is 0.0940. The van der Waals surface area contributed by atoms with Crippen molar-refractivity contribution in [3.63, 3.8) is 0 Å². The van der Waals surface area contributed by atoms with Crippen molar-refractivity contribution < 1.29 is 14.3 Å². The Morgan fingerprint density at radius 1 is 0.900 bits per heavy atom. The lowest BCUT2D eigenvalue weighted by Crippen LogP contribution is -2.32. The highest BCUT2D eigenvalue weighted by molar-refractivity contribution is 6.09. The highest BCUT2D eigenvalue weighted by Gasteiger charge is 2.15. The zero-order chi connectivity index (χ0) is 21.3. The molecule has 0 saturated heterocycles. The van der Waals surface area contributed by atoms with Gasteiger partial charge in [0.2, 0.25) is 0 Å². The van der Waals surface area contributed by atoms with Crippen molar-refractivity contribution in [2.24, 2.45) is 0 Å². The summed E-state index contributed by atoms with van der Waals surface area (Å²) < 4.78 is 5.81. The summed E-state index contributed by atoms with van der Waals surface area (Å²) in [5.74, 6) is 0.0958. The standard InChI is InChI=1S/C25H26N2O3/c1-3-18(2)26-25(29)22-14-7-8-15-23(22)27-24(28)20-12-9-13-21(16-20)30-17-19-10-5-4-6-11-19/h4-16,18H,3,17H2,1-2H3,(H,26,29)(H,27,28)/t18-/m1/s1. The Balaban J connectivity index is 1.70. The summed E-state index contributed by atoms with van der Waals surface area (Å²) in [4.78, 5) is 25.3. The SMILES string of the molecule is CC[C@@H](C)NC(=O)c1ccccc1NC(=O)c1cccc(OCc2ccccc2)c1. The van der Waals surface area contributed by atoms with E-state index in [0.717, 1.165) is 12.0 Å². The fraction of sp³-hybridized carbons (Fsp3) is 0.200. The largest absolute Gasteiger partial charge is 0.489 e. The Bertz CT molecular complexity index is 1000. The van der Waals surface area contributed by atoms with E-state index in [0.29, 0.717) is 29.2 Å². The molecule has 30 heavy (non-hydrogen) atoms. The summed E-state index contributed by atoms with van der Waals surface area (Å²) >= 11 is 0. The molecule has 0 radical (unpaired) electrons. The Kier molecular flexibility index (Phi) is 7.22. The molecule has 0 aromatic heterocycles. The van der Waals surface area contributed by atoms with E-state index >= 15 is 0 Å². The molecule has 0 spiro atoms. The summed E-state index contributed by atoms with van der Waals surface area (Å²) in [5.41, 5.74) is 2.41. The second kappa shape index (κ2) is 10.3. The average Bonchev–Trinajstić information content (AvgIpc) is 2.78. The van der Waals surface area contributed by atoms with Gasteiger partial charge in [-0.3, -0.25) is 9.59 Å². The predicted octanol–water partition coefficient (Wildman–Crippen LogP) is 5.05. The highest BCUT2D eigenvalue weighted by atomic mass is 16.5. The van der Waals surface area contributed by atoms with Crippen LogP contribution in [0.1, 0.15) is 46.5 Å². The van der Waals surface area contributed by atoms with Crippen molar-refractivity contribution in [2.45, 2.75) is 32.9 Å². The minimum atomic E-state index is -0.302. The normalized spacial score (nSPS) is 11.4. The molecule has 3 aromatic rings. The van der Waals surface area contributed by atoms with Crippen LogP contribution >= 0.6 is 0 Å². The molecule has 0 aliphatic rings. The number of hydrogen-bond acceptors (Lipinski definition) is 3. The summed E-state index contributed by atoms with van der Waals surface area (Å²) in [6.45, 7) is 4.37. The van der Waals surface area contributed by atoms with Crippen LogP contribution in [0.4, 0.5) is 5.69 Å². The van der Waals surface area contributed by atoms with E-state index in [2.05, 4.69) is 10.6 Å². The van der Waals surface area contributed by atoms with Crippen LogP contribution in [0.2, 0.25) is 0 Å². The number of anilines is 1. The smallest absolute Gasteiger partial charge is 0.255 e. The van der Waals surface area contributed by atoms with Crippen molar-refractivity contribution in [1.82, 2.24) is 5.32 Å². The number of ether oxygens (including phenoxy) is 1. The van der Waals surface area contributed by atoms with Gasteiger partial charge in [-0.2, -0.15) is 0 Å². The molecule has 0 heterocycles. The first-order chi connectivity index (χ1) is 14.6. The molecule has 0 bridgehead atoms. The summed E-state index contributed by atoms with van der Waals surface area (Å²) in [5, 5.41) is 5.78. The van der Waals surface area contributed by atoms with Crippen molar-refractivity contribution in [2.75, 3.05) is 5.32 Å². The van der Waals surface area contributed by atoms with Crippen molar-refractivity contribution >= 4 is 17.5 Å². The van der Waals surface area contributed by atoms with Crippen molar-refractivity contribution in [1.29, 1.82) is 0 Å². The molecule has 1 atom stereocenters. The number of carbonyl (C=O) groups excluding carboxylic acids is 2. The minimum Gasteiger partial charge on any atom is -0.489 e. The number of benzene rings is 3. The van der Waals surface area contributed by atoms with Gasteiger partial charge in [-0.15, -0.1) is 0 Å². The molecule has 3 rings (SSSR count). The van der Waals surface area contributed by atoms with Crippen LogP contribution in [0.3, 0.4) is 0 Å². The maximum Gasteiger partial charge on any atom is 0.255 e. The molecule has 2 N–H and O–H groups in total. The Labute approximate surface area is 177 Å². The van der Waals surface area contributed by atoms with E-state index < -0.39 is 0 Å². The van der Waals surface area contributed by atoms with Crippen LogP contribution in [0.5, 0.6) is 5.75 Å². The maximum absolute atomic E-state index is 12.8. The van der Waals surface area contributed by atoms with Gasteiger partial charge in [0.15, 0.2) is 0 Å². The molecule has 2 amide bonds. The molecule has 0 saturated carbocycles. The number of hydrogen-bond donors (Lipinski definition) is 2. The third kappa shape index (κ3) is 5.70. The van der Waals surface area contributed by atoms with Gasteiger partial charge in [-0.1, -0.05) is 55.5 Å². The fourth-order valence-corrected chi connectivity index (χ4v) is 2.86. The maximum atomic E-state index is 12.8. The molecule has 154 valence electrons. The molecule has 5 heteroatoms. The number of nitrogens with one attached hydrogen (secondary N) is 2. The van der Waals surface area contributed by atoms with E-state index in [9.17, 15) is 9.59 Å². The van der Waals surface area contributed by atoms with E-state index in [1.807, 2.05) is 50.2 Å². The van der Waals surface area contributed by atoms with Gasteiger partial charge < -0.3 is 15.4 Å². The van der Waals surface area contributed by atoms with Crippen molar-refractivity contribution in [3.05, 3.63) is 95.6 Å². The summed E-state index contributed by atoms with van der Waals surface area (Å²) in [7, 11) is 0. The third-order valence-electron chi connectivity index (χ3n) is 4.75. The molecular weight excluding hydrogens is 376 g/mol. The lowest BCUT2D eigenvalue weighted by Gasteiger charge is -2.15. The summed E-state index contributed by atoms with van der Waals surface area (Å²) in [6.07, 6.45) is 0.829. The predicted molar refractivity (Wildman–Crippen MR) is 119 cm³/mol. The molecule has 5 nitrogen and oxygen atoms in total. The van der Waals surface area contributed by atoms with Crippen LogP contribution in [0.25, 0.3) is 0 Å². The summed E-state index contributed by atoms with van der Waals surface area (Å²) in [6, 6.07) is 23.9. The van der Waals surface area contributed by atoms with E-state index in [1.165, 1.54) is 0 Å². The first-order valence-corrected chi connectivity index (χ1v) is 10.0. The first-order valence-electron chi connectivity index (χ1n) is 10.0. The Morgan fingerprint density at radius 2 is 1.63 bits per heavy atom. The van der Waals surface area contributed by atoms with Gasteiger partial charge >= 0.3 is 0 Å². The zero-order valence-corrected chi connectivity index (χ0v) is 17.2. The van der Waals surface area contributed by atoms with Crippen molar-refractivity contribution in [3.8, 4) is 5.75 Å². The van der Waals surface area contributed by atoms with Gasteiger partial charge in [0.05, 0.1) is 11.3 Å². The average molecular weight is 402 g/mol. The molecule has 0 aliphatic heterocycles. The van der Waals surface area contributed by atoms with Crippen LogP contribution in [0, 0.1) is 0 Å². The van der Waals surface area contributed by atoms with Gasteiger partial charge in [0.1, 0.15) is 12.4 Å². The quantitative estimate of drug-likeness (QED) is 0.554. The molecule has 3 aromatic carbocycles. The lowest BCUT2D eigenvalue weighted by atomic mass is 10.1. The Hall–Kier alpha value is -3.60. The van der Waals surface area contributed by atoms with E-state index in [4.69, 9.17) is 4.74 Å². The highest BCUT2D eigenvalue weighted by Crippen LogP contribution is 2.19. The Morgan fingerprint density at radius 3 is 2.40 bits per heavy atom. The minimum absolute atomic E-state index is 0.0553. The first kappa shape index (κ1) is 21.1. The third-order valence-corrected chi connectivity index (χ3v) is 4.75. The monoisotopic (exact) mass is 402 g/mol. The fourth-order valence-electron chi connectivity index (χ4n) is 2.86. The van der Waals surface area contributed by atoms with Gasteiger partial charge in [-0.25, -0.2) is 0 Å². The molecular formula is C25H26N2O3. The zero-order valence-electron chi connectivity index (χ0n) is 17.2. The molecule has 0 aliphatic carbocycles. The van der Waals surface area contributed by atoms with Gasteiger partial charge in [-0.05, 0) is 49.2 Å². The van der Waals surface area contributed by atoms with E-state index in [1.54, 1.807) is 42.5 Å². The number of para-hydroxylation sites is 1. The number of carbonyl (C=O) groups is 2. The molecule has 0 fully saturated rings. The van der Waals surface area contributed by atoms with Crippen LogP contribution in [-0.4, -0.2) is 17.9 Å². The van der Waals surface area contributed by atoms with Crippen LogP contribution in [-0.2, 0) is 6.61 Å². The second-order valence-corrected chi connectivity index (χ2v) is 7.08. The van der Waals surface area contributed by atoms with E-state index in [-0.39, 0.29) is 17.9 Å². The number of rotatable bonds is 8.